The summed E-state index contributed by atoms with van der Waals surface area (Å²) in [6.07, 6.45) is 1.01. The van der Waals surface area contributed by atoms with Gasteiger partial charge in [-0.3, -0.25) is 24.6 Å². The second-order valence-corrected chi connectivity index (χ2v) is 4.63. The molecule has 2 heterocycles. The molecule has 0 aliphatic carbocycles. The molecule has 2 aromatic rings. The number of aromatic amines is 2. The maximum atomic E-state index is 12.0. The Labute approximate surface area is 112 Å². The molecule has 1 atom stereocenters. The fourth-order valence-corrected chi connectivity index (χ4v) is 2.33. The van der Waals surface area contributed by atoms with Crippen LogP contribution in [0, 0.1) is 0 Å². The Balaban J connectivity index is 2.03. The van der Waals surface area contributed by atoms with Gasteiger partial charge in [-0.25, -0.2) is 0 Å². The van der Waals surface area contributed by atoms with Gasteiger partial charge >= 0.3 is 0 Å². The summed E-state index contributed by atoms with van der Waals surface area (Å²) in [5.74, 6) is -0.297. The Morgan fingerprint density at radius 3 is 2.80 bits per heavy atom. The van der Waals surface area contributed by atoms with Crippen LogP contribution < -0.4 is 16.4 Å². The quantitative estimate of drug-likeness (QED) is 0.734. The molecular weight excluding hydrogens is 262 g/mol. The molecule has 3 rings (SSSR count). The molecule has 0 spiro atoms. The molecule has 7 nitrogen and oxygen atoms in total. The lowest BCUT2D eigenvalue weighted by Gasteiger charge is -2.11. The summed E-state index contributed by atoms with van der Waals surface area (Å²) < 4.78 is 5.29. The van der Waals surface area contributed by atoms with Crippen LogP contribution in [0.15, 0.2) is 27.8 Å². The minimum Gasteiger partial charge on any atom is -0.368 e. The summed E-state index contributed by atoms with van der Waals surface area (Å²) in [5.41, 5.74) is -0.550. The molecule has 20 heavy (non-hydrogen) atoms. The Morgan fingerprint density at radius 1 is 1.25 bits per heavy atom. The van der Waals surface area contributed by atoms with E-state index in [1.165, 1.54) is 6.07 Å². The number of hydrogen-bond donors (Lipinski definition) is 3. The summed E-state index contributed by atoms with van der Waals surface area (Å²) in [6, 6.07) is 4.73. The number of rotatable bonds is 2. The number of carbonyl (C=O) groups is 1. The number of amides is 1. The molecular formula is C13H13N3O4. The van der Waals surface area contributed by atoms with E-state index in [1.54, 1.807) is 12.1 Å². The van der Waals surface area contributed by atoms with Gasteiger partial charge in [-0.1, -0.05) is 6.07 Å². The average molecular weight is 275 g/mol. The lowest BCUT2D eigenvalue weighted by atomic mass is 10.1. The monoisotopic (exact) mass is 275 g/mol. The van der Waals surface area contributed by atoms with Crippen LogP contribution in [0.25, 0.3) is 10.8 Å². The van der Waals surface area contributed by atoms with Crippen LogP contribution in [-0.4, -0.2) is 28.8 Å². The molecule has 104 valence electrons. The number of H-pyrrole nitrogens is 2. The number of nitrogens with one attached hydrogen (secondary N) is 3. The summed E-state index contributed by atoms with van der Waals surface area (Å²) in [5, 5.41) is 7.56. The predicted molar refractivity (Wildman–Crippen MR) is 72.8 cm³/mol. The molecule has 7 heteroatoms. The fourth-order valence-electron chi connectivity index (χ4n) is 2.33. The third-order valence-electron chi connectivity index (χ3n) is 3.31. The first-order valence-corrected chi connectivity index (χ1v) is 6.33. The molecule has 1 aliphatic rings. The van der Waals surface area contributed by atoms with E-state index in [9.17, 15) is 14.4 Å². The Kier molecular flexibility index (Phi) is 3.11. The van der Waals surface area contributed by atoms with Crippen molar-refractivity contribution in [3.05, 3.63) is 38.9 Å². The van der Waals surface area contributed by atoms with E-state index < -0.39 is 17.2 Å². The number of ether oxygens (including phenoxy) is 1. The van der Waals surface area contributed by atoms with E-state index in [-0.39, 0.29) is 16.7 Å². The number of anilines is 1. The summed E-state index contributed by atoms with van der Waals surface area (Å²) in [7, 11) is 0. The van der Waals surface area contributed by atoms with Crippen LogP contribution in [-0.2, 0) is 9.53 Å². The van der Waals surface area contributed by atoms with Crippen LogP contribution in [0.3, 0.4) is 0 Å². The standard InChI is InChI=1S/C13H13N3O4/c17-11-7-3-1-4-8(10(7)13(19)16-15-11)14-12(18)9-5-2-6-20-9/h1,3-4,9H,2,5-6H2,(H,14,18)(H,15,17)(H,16,19). The van der Waals surface area contributed by atoms with E-state index in [1.807, 2.05) is 0 Å². The third kappa shape index (κ3) is 2.12. The zero-order chi connectivity index (χ0) is 14.1. The van der Waals surface area contributed by atoms with E-state index in [4.69, 9.17) is 4.74 Å². The van der Waals surface area contributed by atoms with E-state index in [0.29, 0.717) is 18.7 Å². The van der Waals surface area contributed by atoms with Gasteiger partial charge in [0.2, 0.25) is 0 Å². The molecule has 1 aliphatic heterocycles. The molecule has 0 saturated carbocycles. The average Bonchev–Trinajstić information content (AvgIpc) is 2.97. The van der Waals surface area contributed by atoms with Gasteiger partial charge in [0.15, 0.2) is 0 Å². The lowest BCUT2D eigenvalue weighted by Crippen LogP contribution is -2.28. The van der Waals surface area contributed by atoms with Crippen molar-refractivity contribution in [2.45, 2.75) is 18.9 Å². The van der Waals surface area contributed by atoms with Crippen molar-refractivity contribution in [2.24, 2.45) is 0 Å². The lowest BCUT2D eigenvalue weighted by molar-refractivity contribution is -0.124. The highest BCUT2D eigenvalue weighted by atomic mass is 16.5. The Bertz CT molecular complexity index is 771. The van der Waals surface area contributed by atoms with Crippen molar-refractivity contribution in [3.63, 3.8) is 0 Å². The van der Waals surface area contributed by atoms with Crippen molar-refractivity contribution in [1.82, 2.24) is 10.2 Å². The third-order valence-corrected chi connectivity index (χ3v) is 3.31. The van der Waals surface area contributed by atoms with Crippen molar-refractivity contribution in [3.8, 4) is 0 Å². The van der Waals surface area contributed by atoms with Gasteiger partial charge in [0.1, 0.15) is 6.10 Å². The van der Waals surface area contributed by atoms with Gasteiger partial charge in [-0.15, -0.1) is 0 Å². The summed E-state index contributed by atoms with van der Waals surface area (Å²) >= 11 is 0. The highest BCUT2D eigenvalue weighted by Gasteiger charge is 2.24. The zero-order valence-corrected chi connectivity index (χ0v) is 10.6. The number of fused-ring (bicyclic) bond motifs is 1. The SMILES string of the molecule is O=C(Nc1cccc2c(=O)[nH][nH]c(=O)c12)C1CCCO1. The Morgan fingerprint density at radius 2 is 2.05 bits per heavy atom. The molecule has 1 aromatic carbocycles. The van der Waals surface area contributed by atoms with Crippen molar-refractivity contribution < 1.29 is 9.53 Å². The molecule has 1 aromatic heterocycles. The number of hydrogen-bond acceptors (Lipinski definition) is 4. The molecule has 3 N–H and O–H groups in total. The molecule has 1 unspecified atom stereocenters. The normalized spacial score (nSPS) is 18.3. The summed E-state index contributed by atoms with van der Waals surface area (Å²) in [6.45, 7) is 0.563. The van der Waals surface area contributed by atoms with Gasteiger partial charge in [0, 0.05) is 6.61 Å². The van der Waals surface area contributed by atoms with Crippen LogP contribution >= 0.6 is 0 Å². The highest BCUT2D eigenvalue weighted by Crippen LogP contribution is 2.19. The van der Waals surface area contributed by atoms with Gasteiger partial charge < -0.3 is 10.1 Å². The molecule has 1 amide bonds. The molecule has 0 bridgehead atoms. The smallest absolute Gasteiger partial charge is 0.272 e. The molecule has 1 fully saturated rings. The molecule has 0 radical (unpaired) electrons. The molecule has 1 saturated heterocycles. The second-order valence-electron chi connectivity index (χ2n) is 4.63. The van der Waals surface area contributed by atoms with E-state index in [2.05, 4.69) is 15.5 Å². The van der Waals surface area contributed by atoms with Crippen LogP contribution in [0.5, 0.6) is 0 Å². The second kappa shape index (κ2) is 4.93. The first-order valence-electron chi connectivity index (χ1n) is 6.33. The fraction of sp³-hybridized carbons (Fsp3) is 0.308. The van der Waals surface area contributed by atoms with Crippen LogP contribution in [0.4, 0.5) is 5.69 Å². The van der Waals surface area contributed by atoms with Gasteiger partial charge in [0.25, 0.3) is 17.0 Å². The van der Waals surface area contributed by atoms with Gasteiger partial charge in [0.05, 0.1) is 16.5 Å². The maximum absolute atomic E-state index is 12.0. The van der Waals surface area contributed by atoms with E-state index >= 15 is 0 Å². The number of aromatic nitrogens is 2. The largest absolute Gasteiger partial charge is 0.368 e. The van der Waals surface area contributed by atoms with Crippen LogP contribution in [0.1, 0.15) is 12.8 Å². The first kappa shape index (κ1) is 12.6. The number of benzene rings is 1. The van der Waals surface area contributed by atoms with Crippen molar-refractivity contribution in [2.75, 3.05) is 11.9 Å². The van der Waals surface area contributed by atoms with Crippen molar-refractivity contribution >= 4 is 22.4 Å². The zero-order valence-electron chi connectivity index (χ0n) is 10.6. The first-order chi connectivity index (χ1) is 9.66. The Hall–Kier alpha value is -2.41. The predicted octanol–water partition coefficient (Wildman–Crippen LogP) is 0.334. The number of carbonyl (C=O) groups excluding carboxylic acids is 1. The van der Waals surface area contributed by atoms with Crippen molar-refractivity contribution in [1.29, 1.82) is 0 Å². The topological polar surface area (TPSA) is 104 Å². The van der Waals surface area contributed by atoms with Gasteiger partial charge in [-0.2, -0.15) is 0 Å². The summed E-state index contributed by atoms with van der Waals surface area (Å²) in [4.78, 5) is 35.5. The van der Waals surface area contributed by atoms with E-state index in [0.717, 1.165) is 6.42 Å². The minimum absolute atomic E-state index is 0.169. The minimum atomic E-state index is -0.494. The van der Waals surface area contributed by atoms with Crippen LogP contribution in [0.2, 0.25) is 0 Å². The maximum Gasteiger partial charge on any atom is 0.272 e. The van der Waals surface area contributed by atoms with Gasteiger partial charge in [-0.05, 0) is 25.0 Å². The highest BCUT2D eigenvalue weighted by molar-refractivity contribution is 6.02.